The van der Waals surface area contributed by atoms with Gasteiger partial charge >= 0.3 is 0 Å². The lowest BCUT2D eigenvalue weighted by atomic mass is 9.90. The maximum Gasteiger partial charge on any atom is 0.0777 e. The van der Waals surface area contributed by atoms with Gasteiger partial charge in [0.25, 0.3) is 0 Å². The van der Waals surface area contributed by atoms with E-state index in [9.17, 15) is 0 Å². The largest absolute Gasteiger partial charge is 0.372 e. The van der Waals surface area contributed by atoms with Crippen LogP contribution in [0, 0.1) is 10.2 Å². The molecule has 0 aromatic heterocycles. The molecule has 0 aliphatic heterocycles. The zero-order valence-corrected chi connectivity index (χ0v) is 34.3. The normalized spacial score (nSPS) is 11.3. The predicted molar refractivity (Wildman–Crippen MR) is 220 cm³/mol. The first-order valence-corrected chi connectivity index (χ1v) is 20.6. The molecule has 0 bridgehead atoms. The molecule has 0 radical (unpaired) electrons. The van der Waals surface area contributed by atoms with Crippen molar-refractivity contribution in [3.05, 3.63) is 138 Å². The Balaban J connectivity index is 0.00000147. The minimum absolute atomic E-state index is 0.129. The van der Waals surface area contributed by atoms with E-state index < -0.39 is 10.2 Å². The lowest BCUT2D eigenvalue weighted by Gasteiger charge is -2.23. The first kappa shape index (κ1) is 44.1. The molecule has 0 fully saturated rings. The molecule has 0 heterocycles. The summed E-state index contributed by atoms with van der Waals surface area (Å²) in [5.74, 6) is 0.129. The molecule has 1 N–H and O–H groups in total. The highest BCUT2D eigenvalue weighted by molar-refractivity contribution is 5.82. The van der Waals surface area contributed by atoms with Crippen molar-refractivity contribution >= 4 is 28.3 Å². The van der Waals surface area contributed by atoms with Crippen LogP contribution in [0.3, 0.4) is 0 Å². The van der Waals surface area contributed by atoms with Crippen LogP contribution in [0.15, 0.2) is 115 Å². The molecule has 0 atom stereocenters. The maximum absolute atomic E-state index is 8.60. The van der Waals surface area contributed by atoms with Crippen molar-refractivity contribution in [2.24, 2.45) is 0 Å². The van der Waals surface area contributed by atoms with Crippen molar-refractivity contribution < 1.29 is 28.9 Å². The Morgan fingerprint density at radius 3 is 0.963 bits per heavy atom. The molecule has 9 heteroatoms. The summed E-state index contributed by atoms with van der Waals surface area (Å²) in [6, 6.07) is 36.5. The van der Waals surface area contributed by atoms with Crippen molar-refractivity contribution in [3.8, 4) is 0 Å². The average molecular weight is 757 g/mol. The van der Waals surface area contributed by atoms with E-state index in [4.69, 9.17) is 18.6 Å². The first-order valence-electron chi connectivity index (χ1n) is 19.4. The molecule has 292 valence electrons. The fourth-order valence-electron chi connectivity index (χ4n) is 6.88. The molecule has 0 saturated carbocycles. The van der Waals surface area contributed by atoms with Crippen LogP contribution < -0.4 is 33.6 Å². The molecule has 4 aromatic rings. The van der Waals surface area contributed by atoms with E-state index in [1.165, 1.54) is 50.6 Å². The predicted octanol–water partition coefficient (Wildman–Crippen LogP) is 6.77. The Labute approximate surface area is 327 Å². The Kier molecular flexibility index (Phi) is 18.1. The molecular formula is C45H61ClN4O4. The topological polar surface area (TPSA) is 102 Å². The van der Waals surface area contributed by atoms with Gasteiger partial charge in [-0.2, -0.15) is 14.0 Å². The van der Waals surface area contributed by atoms with Crippen LogP contribution in [-0.4, -0.2) is 57.0 Å². The van der Waals surface area contributed by atoms with Crippen LogP contribution in [0.25, 0.3) is 5.57 Å². The molecular weight excluding hydrogens is 696 g/mol. The summed E-state index contributed by atoms with van der Waals surface area (Å²) in [7, 11) is -4.69. The van der Waals surface area contributed by atoms with Gasteiger partial charge in [-0.25, -0.2) is 0 Å². The quantitative estimate of drug-likeness (QED) is 0.111. The summed E-state index contributed by atoms with van der Waals surface area (Å²) >= 11 is 0. The van der Waals surface area contributed by atoms with Crippen LogP contribution in [0.4, 0.5) is 22.7 Å². The third-order valence-corrected chi connectivity index (χ3v) is 9.94. The van der Waals surface area contributed by atoms with Crippen LogP contribution >= 0.6 is 0 Å². The van der Waals surface area contributed by atoms with E-state index in [0.29, 0.717) is 0 Å². The fraction of sp³-hybridized carbons (Fsp3) is 0.378. The van der Waals surface area contributed by atoms with E-state index in [0.717, 1.165) is 52.4 Å². The van der Waals surface area contributed by atoms with Gasteiger partial charge in [0.15, 0.2) is 0 Å². The van der Waals surface area contributed by atoms with Crippen molar-refractivity contribution in [2.75, 3.05) is 72.0 Å². The molecule has 0 spiro atoms. The number of anilines is 4. The zero-order chi connectivity index (χ0) is 39.7. The SMILES string of the molecule is CCN(CC)c1ccc(C(=CC=CC(c2ccc(N(CC)CC)cc2)c2ccc(N(CC)CC)cc2)c2ccc(N(CC)CC)cc2)cc1.[O-][Cl+3]([O-])([O-])O. The average Bonchev–Trinajstić information content (AvgIpc) is 3.18. The summed E-state index contributed by atoms with van der Waals surface area (Å²) in [4.78, 5) is 9.60. The molecule has 54 heavy (non-hydrogen) atoms. The molecule has 0 saturated heterocycles. The monoisotopic (exact) mass is 756 g/mol. The number of nitrogens with zero attached hydrogens (tertiary/aromatic N) is 4. The number of halogens is 1. The van der Waals surface area contributed by atoms with Gasteiger partial charge in [-0.1, -0.05) is 66.8 Å². The molecule has 0 aliphatic carbocycles. The van der Waals surface area contributed by atoms with Gasteiger partial charge in [0.2, 0.25) is 0 Å². The first-order chi connectivity index (χ1) is 25.9. The van der Waals surface area contributed by atoms with Gasteiger partial charge < -0.3 is 19.6 Å². The number of hydrogen-bond donors (Lipinski definition) is 1. The molecule has 0 aliphatic rings. The molecule has 8 nitrogen and oxygen atoms in total. The summed E-state index contributed by atoms with van der Waals surface area (Å²) in [5.41, 5.74) is 11.3. The minimum atomic E-state index is -4.69. The van der Waals surface area contributed by atoms with Gasteiger partial charge in [0.1, 0.15) is 0 Å². The van der Waals surface area contributed by atoms with Crippen LogP contribution in [0.2, 0.25) is 0 Å². The van der Waals surface area contributed by atoms with Gasteiger partial charge in [0.05, 0.1) is 14.9 Å². The fourth-order valence-corrected chi connectivity index (χ4v) is 6.88. The van der Waals surface area contributed by atoms with Crippen LogP contribution in [-0.2, 0) is 0 Å². The van der Waals surface area contributed by atoms with Gasteiger partial charge in [-0.05, 0) is 132 Å². The van der Waals surface area contributed by atoms with E-state index in [-0.39, 0.29) is 5.92 Å². The minimum Gasteiger partial charge on any atom is -0.372 e. The summed E-state index contributed by atoms with van der Waals surface area (Å²) in [5, 5.41) is 0. The molecule has 4 rings (SSSR count). The van der Waals surface area contributed by atoms with Gasteiger partial charge in [-0.3, -0.25) is 0 Å². The Bertz CT molecular complexity index is 1570. The third kappa shape index (κ3) is 12.9. The van der Waals surface area contributed by atoms with Crippen molar-refractivity contribution in [2.45, 2.75) is 61.3 Å². The highest BCUT2D eigenvalue weighted by Gasteiger charge is 2.14. The number of allylic oxidation sites excluding steroid dienone is 3. The molecule has 4 aromatic carbocycles. The van der Waals surface area contributed by atoms with Crippen LogP contribution in [0.1, 0.15) is 83.6 Å². The second-order valence-electron chi connectivity index (χ2n) is 12.8. The smallest absolute Gasteiger partial charge is 0.0777 e. The zero-order valence-electron chi connectivity index (χ0n) is 33.5. The highest BCUT2D eigenvalue weighted by Crippen LogP contribution is 2.32. The van der Waals surface area contributed by atoms with Gasteiger partial charge in [-0.15, -0.1) is 0 Å². The number of rotatable bonds is 18. The van der Waals surface area contributed by atoms with E-state index in [1.807, 2.05) is 0 Å². The highest BCUT2D eigenvalue weighted by atomic mass is 35.7. The van der Waals surface area contributed by atoms with Crippen LogP contribution in [0.5, 0.6) is 0 Å². The van der Waals surface area contributed by atoms with Gasteiger partial charge in [0, 0.05) is 81.0 Å². The summed E-state index contributed by atoms with van der Waals surface area (Å²) < 4.78 is 32.7. The lowest BCUT2D eigenvalue weighted by Crippen LogP contribution is -2.58. The second kappa shape index (κ2) is 22.2. The second-order valence-corrected chi connectivity index (χ2v) is 13.6. The van der Waals surface area contributed by atoms with E-state index in [2.05, 4.69) is 190 Å². The van der Waals surface area contributed by atoms with Crippen molar-refractivity contribution in [1.82, 2.24) is 0 Å². The summed E-state index contributed by atoms with van der Waals surface area (Å²) in [6.45, 7) is 25.8. The Morgan fingerprint density at radius 1 is 0.481 bits per heavy atom. The van der Waals surface area contributed by atoms with E-state index >= 15 is 0 Å². The third-order valence-electron chi connectivity index (χ3n) is 9.94. The Morgan fingerprint density at radius 2 is 0.722 bits per heavy atom. The molecule has 0 unspecified atom stereocenters. The Hall–Kier alpha value is -4.31. The van der Waals surface area contributed by atoms with E-state index in [1.54, 1.807) is 0 Å². The number of benzene rings is 4. The lowest BCUT2D eigenvalue weighted by molar-refractivity contribution is -1.92. The number of hydrogen-bond acceptors (Lipinski definition) is 8. The standard InChI is InChI=1S/C45H60N4.ClHO4/c1-9-46(10-2)40-28-20-36(21-29-40)44(37-22-30-41(31-23-37)47(11-3)12-4)18-17-19-45(38-24-32-42(33-25-38)48(13-5)14-6)39-26-34-43(35-27-39)49(15-7)16-8;2-1(3,4)5/h17-35,44H,9-16H2,1-8H3;(H,2,3,4,5). The van der Waals surface area contributed by atoms with Crippen molar-refractivity contribution in [3.63, 3.8) is 0 Å². The summed E-state index contributed by atoms with van der Waals surface area (Å²) in [6.07, 6.45) is 6.95. The van der Waals surface area contributed by atoms with Crippen molar-refractivity contribution in [1.29, 1.82) is 0 Å². The molecule has 0 amide bonds. The maximum atomic E-state index is 8.60.